The van der Waals surface area contributed by atoms with Crippen LogP contribution in [0, 0.1) is 5.92 Å². The van der Waals surface area contributed by atoms with Gasteiger partial charge in [0, 0.05) is 19.6 Å². The predicted molar refractivity (Wildman–Crippen MR) is 81.8 cm³/mol. The Balaban J connectivity index is 0.00000361. The van der Waals surface area contributed by atoms with Gasteiger partial charge in [0.2, 0.25) is 11.8 Å². The Bertz CT molecular complexity index is 325. The summed E-state index contributed by atoms with van der Waals surface area (Å²) in [5.41, 5.74) is 5.72. The number of carbonyl (C=O) groups excluding carboxylic acids is 2. The highest BCUT2D eigenvalue weighted by Crippen LogP contribution is 2.01. The number of nitrogens with two attached hydrogens (primary N) is 1. The summed E-state index contributed by atoms with van der Waals surface area (Å²) in [5.74, 6) is -0.211. The zero-order valence-electron chi connectivity index (χ0n) is 12.6. The van der Waals surface area contributed by atoms with Crippen molar-refractivity contribution in [3.05, 3.63) is 0 Å². The summed E-state index contributed by atoms with van der Waals surface area (Å²) in [5, 5.41) is 2.62. The Hall–Kier alpha value is -0.850. The molecule has 2 amide bonds. The molecule has 6 nitrogen and oxygen atoms in total. The van der Waals surface area contributed by atoms with Crippen molar-refractivity contribution in [1.82, 2.24) is 15.1 Å². The number of likely N-dealkylation sites (N-methyl/N-ethyl adjacent to an activating group) is 1. The fraction of sp³-hybridized carbons (Fsp3) is 0.846. The molecule has 1 aliphatic rings. The molecule has 20 heavy (non-hydrogen) atoms. The first-order valence-electron chi connectivity index (χ1n) is 6.91. The third-order valence-corrected chi connectivity index (χ3v) is 3.51. The topological polar surface area (TPSA) is 78.7 Å². The van der Waals surface area contributed by atoms with E-state index in [9.17, 15) is 9.59 Å². The van der Waals surface area contributed by atoms with Gasteiger partial charge in [0.1, 0.15) is 0 Å². The summed E-state index contributed by atoms with van der Waals surface area (Å²) in [6.45, 7) is 7.19. The van der Waals surface area contributed by atoms with Gasteiger partial charge in [0.15, 0.2) is 0 Å². The van der Waals surface area contributed by atoms with Crippen molar-refractivity contribution in [3.63, 3.8) is 0 Å². The number of halogens is 1. The molecule has 1 rings (SSSR count). The van der Waals surface area contributed by atoms with Crippen molar-refractivity contribution in [1.29, 1.82) is 0 Å². The zero-order chi connectivity index (χ0) is 14.4. The van der Waals surface area contributed by atoms with Crippen LogP contribution in [0.3, 0.4) is 0 Å². The molecule has 0 aromatic heterocycles. The van der Waals surface area contributed by atoms with Gasteiger partial charge in [-0.15, -0.1) is 12.4 Å². The van der Waals surface area contributed by atoms with Gasteiger partial charge in [-0.1, -0.05) is 13.8 Å². The van der Waals surface area contributed by atoms with Crippen LogP contribution in [0.2, 0.25) is 0 Å². The Morgan fingerprint density at radius 3 is 2.45 bits per heavy atom. The Morgan fingerprint density at radius 2 is 1.85 bits per heavy atom. The molecule has 1 fully saturated rings. The highest BCUT2D eigenvalue weighted by molar-refractivity contribution is 5.87. The number of rotatable bonds is 4. The molecule has 1 saturated heterocycles. The van der Waals surface area contributed by atoms with E-state index in [1.54, 1.807) is 0 Å². The second kappa shape index (κ2) is 9.15. The smallest absolute Gasteiger partial charge is 0.242 e. The van der Waals surface area contributed by atoms with Crippen LogP contribution in [0.5, 0.6) is 0 Å². The molecule has 0 radical (unpaired) electrons. The third-order valence-electron chi connectivity index (χ3n) is 3.51. The number of nitrogens with zero attached hydrogens (tertiary/aromatic N) is 2. The SMILES string of the molecule is CC(C)[C@H](N)C(=O)NCC(=O)N1CCCN(C)CC1.Cl. The molecule has 0 unspecified atom stereocenters. The van der Waals surface area contributed by atoms with E-state index in [1.807, 2.05) is 18.7 Å². The molecule has 1 aliphatic heterocycles. The zero-order valence-corrected chi connectivity index (χ0v) is 13.4. The van der Waals surface area contributed by atoms with Crippen molar-refractivity contribution < 1.29 is 9.59 Å². The Labute approximate surface area is 127 Å². The standard InChI is InChI=1S/C13H26N4O2.ClH/c1-10(2)12(14)13(19)15-9-11(18)17-6-4-5-16(3)7-8-17;/h10,12H,4-9,14H2,1-3H3,(H,15,19);1H/t12-;/m0./s1. The minimum absolute atomic E-state index is 0. The van der Waals surface area contributed by atoms with Gasteiger partial charge in [-0.25, -0.2) is 0 Å². The van der Waals surface area contributed by atoms with Crippen molar-refractivity contribution in [2.45, 2.75) is 26.3 Å². The molecule has 7 heteroatoms. The lowest BCUT2D eigenvalue weighted by molar-refractivity contribution is -0.133. The average Bonchev–Trinajstić information content (AvgIpc) is 2.59. The van der Waals surface area contributed by atoms with Gasteiger partial charge in [-0.05, 0) is 25.9 Å². The second-order valence-electron chi connectivity index (χ2n) is 5.53. The molecule has 118 valence electrons. The normalized spacial score (nSPS) is 18.1. The fourth-order valence-electron chi connectivity index (χ4n) is 1.99. The maximum atomic E-state index is 12.0. The molecular weight excluding hydrogens is 280 g/mol. The lowest BCUT2D eigenvalue weighted by Crippen LogP contribution is -2.48. The summed E-state index contributed by atoms with van der Waals surface area (Å²) in [6.07, 6.45) is 0.974. The summed E-state index contributed by atoms with van der Waals surface area (Å²) < 4.78 is 0. The summed E-state index contributed by atoms with van der Waals surface area (Å²) in [4.78, 5) is 27.7. The Morgan fingerprint density at radius 1 is 1.20 bits per heavy atom. The van der Waals surface area contributed by atoms with E-state index in [1.165, 1.54) is 0 Å². The lowest BCUT2D eigenvalue weighted by Gasteiger charge is -2.21. The fourth-order valence-corrected chi connectivity index (χ4v) is 1.99. The van der Waals surface area contributed by atoms with E-state index in [2.05, 4.69) is 17.3 Å². The quantitative estimate of drug-likeness (QED) is 0.745. The molecule has 1 atom stereocenters. The van der Waals surface area contributed by atoms with Crippen LogP contribution < -0.4 is 11.1 Å². The van der Waals surface area contributed by atoms with Crippen LogP contribution in [0.1, 0.15) is 20.3 Å². The van der Waals surface area contributed by atoms with Crippen LogP contribution in [0.4, 0.5) is 0 Å². The van der Waals surface area contributed by atoms with Crippen LogP contribution in [0.25, 0.3) is 0 Å². The molecule has 0 bridgehead atoms. The summed E-state index contributed by atoms with van der Waals surface area (Å²) in [6, 6.07) is -0.553. The van der Waals surface area contributed by atoms with Gasteiger partial charge in [-0.3, -0.25) is 9.59 Å². The molecule has 0 spiro atoms. The number of amides is 2. The first kappa shape index (κ1) is 19.1. The monoisotopic (exact) mass is 306 g/mol. The van der Waals surface area contributed by atoms with Crippen molar-refractivity contribution in [2.24, 2.45) is 11.7 Å². The largest absolute Gasteiger partial charge is 0.346 e. The number of nitrogens with one attached hydrogen (secondary N) is 1. The van der Waals surface area contributed by atoms with Crippen LogP contribution in [-0.4, -0.2) is 67.4 Å². The van der Waals surface area contributed by atoms with E-state index >= 15 is 0 Å². The van der Waals surface area contributed by atoms with E-state index in [-0.39, 0.29) is 36.7 Å². The van der Waals surface area contributed by atoms with Crippen molar-refractivity contribution >= 4 is 24.2 Å². The van der Waals surface area contributed by atoms with E-state index in [0.717, 1.165) is 32.6 Å². The van der Waals surface area contributed by atoms with Gasteiger partial charge in [-0.2, -0.15) is 0 Å². The highest BCUT2D eigenvalue weighted by Gasteiger charge is 2.20. The maximum absolute atomic E-state index is 12.0. The molecule has 0 aromatic rings. The van der Waals surface area contributed by atoms with E-state index in [0.29, 0.717) is 0 Å². The van der Waals surface area contributed by atoms with Gasteiger partial charge in [0.25, 0.3) is 0 Å². The molecule has 1 heterocycles. The van der Waals surface area contributed by atoms with Crippen LogP contribution in [0.15, 0.2) is 0 Å². The summed E-state index contributed by atoms with van der Waals surface area (Å²) >= 11 is 0. The Kier molecular flexibility index (Phi) is 8.76. The van der Waals surface area contributed by atoms with Crippen LogP contribution in [-0.2, 0) is 9.59 Å². The van der Waals surface area contributed by atoms with Gasteiger partial charge in [0.05, 0.1) is 12.6 Å². The first-order chi connectivity index (χ1) is 8.91. The third kappa shape index (κ3) is 6.07. The molecule has 0 aliphatic carbocycles. The summed E-state index contributed by atoms with van der Waals surface area (Å²) in [7, 11) is 2.05. The minimum Gasteiger partial charge on any atom is -0.346 e. The molecule has 0 aromatic carbocycles. The average molecular weight is 307 g/mol. The van der Waals surface area contributed by atoms with Gasteiger partial charge >= 0.3 is 0 Å². The van der Waals surface area contributed by atoms with E-state index < -0.39 is 6.04 Å². The molecule has 3 N–H and O–H groups in total. The lowest BCUT2D eigenvalue weighted by atomic mass is 10.1. The second-order valence-corrected chi connectivity index (χ2v) is 5.53. The van der Waals surface area contributed by atoms with Gasteiger partial charge < -0.3 is 20.9 Å². The predicted octanol–water partition coefficient (Wildman–Crippen LogP) is -0.328. The number of hydrogen-bond acceptors (Lipinski definition) is 4. The molecule has 0 saturated carbocycles. The highest BCUT2D eigenvalue weighted by atomic mass is 35.5. The number of hydrogen-bond donors (Lipinski definition) is 2. The van der Waals surface area contributed by atoms with Crippen molar-refractivity contribution in [2.75, 3.05) is 39.8 Å². The minimum atomic E-state index is -0.553. The molecular formula is C13H27ClN4O2. The first-order valence-corrected chi connectivity index (χ1v) is 6.91. The number of carbonyl (C=O) groups is 2. The van der Waals surface area contributed by atoms with Crippen molar-refractivity contribution in [3.8, 4) is 0 Å². The maximum Gasteiger partial charge on any atom is 0.242 e. The van der Waals surface area contributed by atoms with Crippen LogP contribution >= 0.6 is 12.4 Å². The van der Waals surface area contributed by atoms with E-state index in [4.69, 9.17) is 5.73 Å².